The number of hydrogen-bond donors (Lipinski definition) is 2. The van der Waals surface area contributed by atoms with E-state index in [-0.39, 0.29) is 23.5 Å². The molecule has 2 fully saturated rings. The molecule has 4 atom stereocenters. The molecular weight excluding hydrogens is 280 g/mol. The van der Waals surface area contributed by atoms with Crippen molar-refractivity contribution in [2.45, 2.75) is 25.3 Å². The first-order valence-electron chi connectivity index (χ1n) is 7.72. The smallest absolute Gasteiger partial charge is 0.336 e. The van der Waals surface area contributed by atoms with Gasteiger partial charge in [0.2, 0.25) is 5.91 Å². The van der Waals surface area contributed by atoms with Gasteiger partial charge in [0.05, 0.1) is 5.92 Å². The summed E-state index contributed by atoms with van der Waals surface area (Å²) >= 11 is 0. The first-order valence-corrected chi connectivity index (χ1v) is 7.72. The van der Waals surface area contributed by atoms with Crippen LogP contribution in [0.1, 0.15) is 19.3 Å². The molecule has 114 valence electrons. The van der Waals surface area contributed by atoms with Gasteiger partial charge in [-0.05, 0) is 55.4 Å². The third kappa shape index (κ3) is 2.13. The Balaban J connectivity index is 1.57. The van der Waals surface area contributed by atoms with Crippen LogP contribution in [0.2, 0.25) is 0 Å². The van der Waals surface area contributed by atoms with Crippen LogP contribution >= 0.6 is 0 Å². The minimum atomic E-state index is -0.378. The van der Waals surface area contributed by atoms with Gasteiger partial charge in [0.1, 0.15) is 5.58 Å². The Morgan fingerprint density at radius 2 is 2.00 bits per heavy atom. The molecule has 4 unspecified atom stereocenters. The van der Waals surface area contributed by atoms with Crippen molar-refractivity contribution >= 4 is 22.6 Å². The predicted octanol–water partition coefficient (Wildman–Crippen LogP) is 2.10. The van der Waals surface area contributed by atoms with Gasteiger partial charge in [0, 0.05) is 23.2 Å². The summed E-state index contributed by atoms with van der Waals surface area (Å²) in [5, 5.41) is 3.75. The van der Waals surface area contributed by atoms with Gasteiger partial charge >= 0.3 is 5.63 Å². The van der Waals surface area contributed by atoms with Crippen LogP contribution in [0.5, 0.6) is 0 Å². The van der Waals surface area contributed by atoms with Gasteiger partial charge in [0.15, 0.2) is 0 Å². The van der Waals surface area contributed by atoms with Gasteiger partial charge < -0.3 is 15.5 Å². The van der Waals surface area contributed by atoms with Crippen LogP contribution in [0.3, 0.4) is 0 Å². The van der Waals surface area contributed by atoms with Gasteiger partial charge in [-0.2, -0.15) is 0 Å². The summed E-state index contributed by atoms with van der Waals surface area (Å²) in [5.41, 5.74) is 7.06. The van der Waals surface area contributed by atoms with Crippen molar-refractivity contribution in [3.63, 3.8) is 0 Å². The van der Waals surface area contributed by atoms with Gasteiger partial charge in [-0.1, -0.05) is 0 Å². The van der Waals surface area contributed by atoms with E-state index in [4.69, 9.17) is 10.2 Å². The monoisotopic (exact) mass is 298 g/mol. The normalized spacial score (nSPS) is 29.9. The van der Waals surface area contributed by atoms with Gasteiger partial charge in [0.25, 0.3) is 0 Å². The molecule has 3 N–H and O–H groups in total. The summed E-state index contributed by atoms with van der Waals surface area (Å²) in [6.07, 6.45) is 3.35. The van der Waals surface area contributed by atoms with Crippen LogP contribution in [-0.2, 0) is 4.79 Å². The van der Waals surface area contributed by atoms with Gasteiger partial charge in [-0.25, -0.2) is 4.79 Å². The highest BCUT2D eigenvalue weighted by molar-refractivity contribution is 5.95. The van der Waals surface area contributed by atoms with E-state index < -0.39 is 0 Å². The zero-order valence-electron chi connectivity index (χ0n) is 12.1. The average molecular weight is 298 g/mol. The number of anilines is 1. The topological polar surface area (TPSA) is 85.3 Å². The number of carbonyl (C=O) groups is 1. The maximum atomic E-state index is 12.5. The van der Waals surface area contributed by atoms with Crippen LogP contribution in [0, 0.1) is 17.8 Å². The highest BCUT2D eigenvalue weighted by atomic mass is 16.4. The second-order valence-electron chi connectivity index (χ2n) is 6.43. The van der Waals surface area contributed by atoms with E-state index in [1.807, 2.05) is 6.07 Å². The summed E-state index contributed by atoms with van der Waals surface area (Å²) in [4.78, 5) is 23.7. The highest BCUT2D eigenvalue weighted by Gasteiger charge is 2.49. The Morgan fingerprint density at radius 3 is 2.77 bits per heavy atom. The van der Waals surface area contributed by atoms with Crippen LogP contribution in [-0.4, -0.2) is 11.9 Å². The fourth-order valence-corrected chi connectivity index (χ4v) is 4.10. The zero-order valence-corrected chi connectivity index (χ0v) is 12.1. The van der Waals surface area contributed by atoms with Crippen molar-refractivity contribution in [1.82, 2.24) is 0 Å². The van der Waals surface area contributed by atoms with Crippen molar-refractivity contribution in [3.8, 4) is 0 Å². The first kappa shape index (κ1) is 13.5. The molecule has 4 rings (SSSR count). The molecule has 2 aromatic rings. The lowest BCUT2D eigenvalue weighted by Gasteiger charge is -2.27. The lowest BCUT2D eigenvalue weighted by molar-refractivity contribution is -0.121. The molecule has 1 aromatic carbocycles. The van der Waals surface area contributed by atoms with Crippen LogP contribution < -0.4 is 16.7 Å². The largest absolute Gasteiger partial charge is 0.423 e. The number of hydrogen-bond acceptors (Lipinski definition) is 4. The number of fused-ring (bicyclic) bond motifs is 3. The van der Waals surface area contributed by atoms with E-state index in [0.29, 0.717) is 23.1 Å². The molecule has 1 aromatic heterocycles. The van der Waals surface area contributed by atoms with E-state index in [9.17, 15) is 9.59 Å². The molecule has 0 radical (unpaired) electrons. The lowest BCUT2D eigenvalue weighted by Crippen LogP contribution is -2.42. The second-order valence-corrected chi connectivity index (χ2v) is 6.43. The molecular formula is C17H18N2O3. The van der Waals surface area contributed by atoms with Gasteiger partial charge in [-0.15, -0.1) is 0 Å². The number of nitrogens with one attached hydrogen (secondary N) is 1. The molecule has 5 heteroatoms. The third-order valence-corrected chi connectivity index (χ3v) is 5.17. The molecule has 0 saturated heterocycles. The number of carbonyl (C=O) groups excluding carboxylic acids is 1. The van der Waals surface area contributed by atoms with E-state index in [0.717, 1.165) is 24.6 Å². The van der Waals surface area contributed by atoms with Crippen molar-refractivity contribution in [2.24, 2.45) is 23.5 Å². The standard InChI is InChI=1S/C17H18N2O3/c18-16-11-2-1-10(7-11)15(16)17(21)19-12-4-5-13-9(8-12)3-6-14(20)22-13/h3-6,8,10-11,15-16H,1-2,7,18H2,(H,19,21). The second kappa shape index (κ2) is 4.95. The van der Waals surface area contributed by atoms with E-state index in [1.54, 1.807) is 18.2 Å². The van der Waals surface area contributed by atoms with Crippen LogP contribution in [0.15, 0.2) is 39.5 Å². The zero-order chi connectivity index (χ0) is 15.3. The molecule has 1 heterocycles. The summed E-state index contributed by atoms with van der Waals surface area (Å²) < 4.78 is 5.09. The maximum absolute atomic E-state index is 12.5. The Hall–Kier alpha value is -2.14. The van der Waals surface area contributed by atoms with Crippen molar-refractivity contribution in [2.75, 3.05) is 5.32 Å². The molecule has 2 bridgehead atoms. The highest BCUT2D eigenvalue weighted by Crippen LogP contribution is 2.47. The van der Waals surface area contributed by atoms with Gasteiger partial charge in [-0.3, -0.25) is 4.79 Å². The van der Waals surface area contributed by atoms with Crippen molar-refractivity contribution in [1.29, 1.82) is 0 Å². The quantitative estimate of drug-likeness (QED) is 0.831. The minimum absolute atomic E-state index is 0.0106. The predicted molar refractivity (Wildman–Crippen MR) is 83.4 cm³/mol. The Kier molecular flexibility index (Phi) is 3.04. The Morgan fingerprint density at radius 1 is 1.18 bits per heavy atom. The third-order valence-electron chi connectivity index (χ3n) is 5.17. The van der Waals surface area contributed by atoms with E-state index in [1.165, 1.54) is 6.07 Å². The molecule has 2 aliphatic rings. The summed E-state index contributed by atoms with van der Waals surface area (Å²) in [6, 6.07) is 8.32. The first-order chi connectivity index (χ1) is 10.6. The number of rotatable bonds is 2. The maximum Gasteiger partial charge on any atom is 0.336 e. The summed E-state index contributed by atoms with van der Waals surface area (Å²) in [5.74, 6) is 0.865. The van der Waals surface area contributed by atoms with Crippen LogP contribution in [0.4, 0.5) is 5.69 Å². The molecule has 2 saturated carbocycles. The molecule has 0 aliphatic heterocycles. The molecule has 22 heavy (non-hydrogen) atoms. The average Bonchev–Trinajstić information content (AvgIpc) is 3.08. The van der Waals surface area contributed by atoms with Crippen molar-refractivity contribution in [3.05, 3.63) is 40.8 Å². The minimum Gasteiger partial charge on any atom is -0.423 e. The summed E-state index contributed by atoms with van der Waals surface area (Å²) in [6.45, 7) is 0. The molecule has 1 amide bonds. The number of benzene rings is 1. The number of nitrogens with two attached hydrogens (primary N) is 1. The van der Waals surface area contributed by atoms with Crippen LogP contribution in [0.25, 0.3) is 11.0 Å². The fourth-order valence-electron chi connectivity index (χ4n) is 4.10. The number of amides is 1. The lowest BCUT2D eigenvalue weighted by atomic mass is 9.84. The molecule has 0 spiro atoms. The molecule has 2 aliphatic carbocycles. The van der Waals surface area contributed by atoms with E-state index in [2.05, 4.69) is 5.32 Å². The SMILES string of the molecule is NC1C2CCC(C2)C1C(=O)Nc1ccc2oc(=O)ccc2c1. The van der Waals surface area contributed by atoms with E-state index >= 15 is 0 Å². The van der Waals surface area contributed by atoms with Crippen molar-refractivity contribution < 1.29 is 9.21 Å². The summed E-state index contributed by atoms with van der Waals surface area (Å²) in [7, 11) is 0. The molecule has 5 nitrogen and oxygen atoms in total. The Bertz CT molecular complexity index is 796. The fraction of sp³-hybridized carbons (Fsp3) is 0.412. The Labute approximate surface area is 127 Å².